The number of esters is 1. The summed E-state index contributed by atoms with van der Waals surface area (Å²) in [6, 6.07) is 6.23. The van der Waals surface area contributed by atoms with Crippen LogP contribution in [0.15, 0.2) is 18.2 Å². The van der Waals surface area contributed by atoms with Crippen molar-refractivity contribution in [2.45, 2.75) is 20.8 Å². The van der Waals surface area contributed by atoms with Crippen molar-refractivity contribution in [2.75, 3.05) is 7.11 Å². The predicted octanol–water partition coefficient (Wildman–Crippen LogP) is 3.52. The smallest absolute Gasteiger partial charge is 0.349 e. The maximum Gasteiger partial charge on any atom is 0.349 e. The lowest BCUT2D eigenvalue weighted by Crippen LogP contribution is -1.99. The second-order valence-corrected chi connectivity index (χ2v) is 5.24. The van der Waals surface area contributed by atoms with E-state index in [0.29, 0.717) is 4.88 Å². The van der Waals surface area contributed by atoms with Gasteiger partial charge in [-0.15, -0.1) is 11.3 Å². The molecule has 4 heteroatoms. The third kappa shape index (κ3) is 2.29. The van der Waals surface area contributed by atoms with Gasteiger partial charge in [-0.3, -0.25) is 0 Å². The molecule has 0 bridgehead atoms. The van der Waals surface area contributed by atoms with Crippen LogP contribution < -0.4 is 0 Å². The highest BCUT2D eigenvalue weighted by Crippen LogP contribution is 2.31. The Hall–Kier alpha value is -1.68. The highest BCUT2D eigenvalue weighted by Gasteiger charge is 2.17. The van der Waals surface area contributed by atoms with E-state index in [1.807, 2.05) is 20.8 Å². The third-order valence-electron chi connectivity index (χ3n) is 2.79. The number of carbonyl (C=O) groups is 1. The largest absolute Gasteiger partial charge is 0.465 e. The number of nitrogens with zero attached hydrogens (tertiary/aromatic N) is 1. The Labute approximate surface area is 110 Å². The molecule has 2 aromatic rings. The van der Waals surface area contributed by atoms with Crippen molar-refractivity contribution < 1.29 is 9.53 Å². The molecule has 0 atom stereocenters. The summed E-state index contributed by atoms with van der Waals surface area (Å²) in [5, 5.41) is 0.870. The van der Waals surface area contributed by atoms with Gasteiger partial charge in [0.15, 0.2) is 0 Å². The zero-order valence-electron chi connectivity index (χ0n) is 10.9. The van der Waals surface area contributed by atoms with Crippen molar-refractivity contribution >= 4 is 17.3 Å². The second kappa shape index (κ2) is 4.90. The number of carbonyl (C=O) groups excluding carboxylic acids is 1. The molecule has 18 heavy (non-hydrogen) atoms. The molecule has 0 aliphatic rings. The molecule has 0 spiro atoms. The first-order valence-electron chi connectivity index (χ1n) is 5.66. The lowest BCUT2D eigenvalue weighted by atomic mass is 10.1. The number of benzene rings is 1. The van der Waals surface area contributed by atoms with Gasteiger partial charge in [-0.05, 0) is 32.4 Å². The number of rotatable bonds is 2. The lowest BCUT2D eigenvalue weighted by molar-refractivity contribution is 0.0605. The second-order valence-electron chi connectivity index (χ2n) is 4.24. The topological polar surface area (TPSA) is 39.2 Å². The van der Waals surface area contributed by atoms with Crippen LogP contribution in [0, 0.1) is 20.8 Å². The first kappa shape index (κ1) is 12.8. The SMILES string of the molecule is COC(=O)c1sc(-c2cc(C)ccc2C)nc1C. The fraction of sp³-hybridized carbons (Fsp3) is 0.286. The van der Waals surface area contributed by atoms with Crippen molar-refractivity contribution in [3.05, 3.63) is 39.9 Å². The Morgan fingerprint density at radius 3 is 2.67 bits per heavy atom. The summed E-state index contributed by atoms with van der Waals surface area (Å²) in [6.45, 7) is 5.92. The molecule has 0 amide bonds. The minimum absolute atomic E-state index is 0.318. The monoisotopic (exact) mass is 261 g/mol. The first-order chi connectivity index (χ1) is 8.52. The van der Waals surface area contributed by atoms with E-state index in [0.717, 1.165) is 21.8 Å². The number of thiazole rings is 1. The Morgan fingerprint density at radius 1 is 1.28 bits per heavy atom. The minimum atomic E-state index is -0.318. The summed E-state index contributed by atoms with van der Waals surface area (Å²) in [7, 11) is 1.39. The van der Waals surface area contributed by atoms with Gasteiger partial charge in [-0.25, -0.2) is 9.78 Å². The molecule has 0 N–H and O–H groups in total. The zero-order valence-corrected chi connectivity index (χ0v) is 11.7. The van der Waals surface area contributed by atoms with Crippen LogP contribution in [0.3, 0.4) is 0 Å². The quantitative estimate of drug-likeness (QED) is 0.776. The van der Waals surface area contributed by atoms with E-state index >= 15 is 0 Å². The molecule has 0 radical (unpaired) electrons. The van der Waals surface area contributed by atoms with E-state index in [1.54, 1.807) is 0 Å². The van der Waals surface area contributed by atoms with Crippen LogP contribution in [0.2, 0.25) is 0 Å². The summed E-state index contributed by atoms with van der Waals surface area (Å²) in [4.78, 5) is 16.6. The van der Waals surface area contributed by atoms with E-state index in [-0.39, 0.29) is 5.97 Å². The molecule has 1 aromatic heterocycles. The summed E-state index contributed by atoms with van der Waals surface area (Å²) in [5.41, 5.74) is 4.15. The average Bonchev–Trinajstić information content (AvgIpc) is 2.73. The van der Waals surface area contributed by atoms with E-state index in [4.69, 9.17) is 4.74 Å². The Morgan fingerprint density at radius 2 is 2.00 bits per heavy atom. The molecule has 0 fully saturated rings. The number of hydrogen-bond donors (Lipinski definition) is 0. The predicted molar refractivity (Wildman–Crippen MR) is 73.1 cm³/mol. The minimum Gasteiger partial charge on any atom is -0.465 e. The van der Waals surface area contributed by atoms with Crippen LogP contribution in [0.4, 0.5) is 0 Å². The molecule has 0 saturated carbocycles. The number of aryl methyl sites for hydroxylation is 3. The Bertz CT molecular complexity index is 602. The van der Waals surface area contributed by atoms with Crippen LogP contribution in [0.1, 0.15) is 26.5 Å². The Balaban J connectivity index is 2.52. The highest BCUT2D eigenvalue weighted by atomic mass is 32.1. The standard InChI is InChI=1S/C14H15NO2S/c1-8-5-6-9(2)11(7-8)13-15-10(3)12(18-13)14(16)17-4/h5-7H,1-4H3. The van der Waals surface area contributed by atoms with E-state index < -0.39 is 0 Å². The molecule has 0 aliphatic heterocycles. The molecule has 0 unspecified atom stereocenters. The third-order valence-corrected chi connectivity index (χ3v) is 3.96. The fourth-order valence-electron chi connectivity index (χ4n) is 1.76. The van der Waals surface area contributed by atoms with Crippen LogP contribution in [-0.4, -0.2) is 18.1 Å². The van der Waals surface area contributed by atoms with E-state index in [9.17, 15) is 4.79 Å². The van der Waals surface area contributed by atoms with Crippen LogP contribution in [0.5, 0.6) is 0 Å². The molecular formula is C14H15NO2S. The lowest BCUT2D eigenvalue weighted by Gasteiger charge is -2.03. The van der Waals surface area contributed by atoms with Crippen molar-refractivity contribution in [2.24, 2.45) is 0 Å². The van der Waals surface area contributed by atoms with E-state index in [2.05, 4.69) is 23.2 Å². The van der Waals surface area contributed by atoms with Gasteiger partial charge < -0.3 is 4.74 Å². The molecular weight excluding hydrogens is 246 g/mol. The number of methoxy groups -OCH3 is 1. The molecule has 3 nitrogen and oxygen atoms in total. The summed E-state index contributed by atoms with van der Waals surface area (Å²) < 4.78 is 4.75. The number of hydrogen-bond acceptors (Lipinski definition) is 4. The maximum absolute atomic E-state index is 11.6. The van der Waals surface area contributed by atoms with Gasteiger partial charge in [0.1, 0.15) is 9.88 Å². The molecule has 0 aliphatic carbocycles. The fourth-order valence-corrected chi connectivity index (χ4v) is 2.83. The van der Waals surface area contributed by atoms with Gasteiger partial charge in [-0.2, -0.15) is 0 Å². The molecule has 2 rings (SSSR count). The van der Waals surface area contributed by atoms with Crippen LogP contribution >= 0.6 is 11.3 Å². The van der Waals surface area contributed by atoms with Gasteiger partial charge in [0, 0.05) is 5.56 Å². The van der Waals surface area contributed by atoms with Crippen molar-refractivity contribution in [3.63, 3.8) is 0 Å². The normalized spacial score (nSPS) is 10.4. The van der Waals surface area contributed by atoms with Crippen molar-refractivity contribution in [1.82, 2.24) is 4.98 Å². The summed E-state index contributed by atoms with van der Waals surface area (Å²) in [5.74, 6) is -0.318. The maximum atomic E-state index is 11.6. The number of ether oxygens (including phenoxy) is 1. The van der Waals surface area contributed by atoms with Gasteiger partial charge in [0.05, 0.1) is 12.8 Å². The summed E-state index contributed by atoms with van der Waals surface area (Å²) >= 11 is 1.38. The van der Waals surface area contributed by atoms with Gasteiger partial charge >= 0.3 is 5.97 Å². The molecule has 0 saturated heterocycles. The Kier molecular flexibility index (Phi) is 3.48. The molecule has 1 aromatic carbocycles. The molecule has 94 valence electrons. The number of aromatic nitrogens is 1. The van der Waals surface area contributed by atoms with Crippen LogP contribution in [-0.2, 0) is 4.74 Å². The van der Waals surface area contributed by atoms with Gasteiger partial charge in [-0.1, -0.05) is 17.7 Å². The van der Waals surface area contributed by atoms with Crippen molar-refractivity contribution in [1.29, 1.82) is 0 Å². The summed E-state index contributed by atoms with van der Waals surface area (Å²) in [6.07, 6.45) is 0. The molecule has 1 heterocycles. The van der Waals surface area contributed by atoms with E-state index in [1.165, 1.54) is 24.0 Å². The van der Waals surface area contributed by atoms with Gasteiger partial charge in [0.2, 0.25) is 0 Å². The van der Waals surface area contributed by atoms with Crippen LogP contribution in [0.25, 0.3) is 10.6 Å². The van der Waals surface area contributed by atoms with Crippen molar-refractivity contribution in [3.8, 4) is 10.6 Å². The van der Waals surface area contributed by atoms with Gasteiger partial charge in [0.25, 0.3) is 0 Å². The average molecular weight is 261 g/mol. The zero-order chi connectivity index (χ0) is 13.3. The highest BCUT2D eigenvalue weighted by molar-refractivity contribution is 7.17. The first-order valence-corrected chi connectivity index (χ1v) is 6.48.